The number of hydrogen-bond acceptors (Lipinski definition) is 4. The fourth-order valence-corrected chi connectivity index (χ4v) is 2.45. The molecule has 1 aromatic rings. The highest BCUT2D eigenvalue weighted by atomic mass is 35.5. The van der Waals surface area contributed by atoms with Gasteiger partial charge in [0.05, 0.1) is 13.7 Å². The Morgan fingerprint density at radius 2 is 2.00 bits per heavy atom. The predicted molar refractivity (Wildman–Crippen MR) is 83.5 cm³/mol. The van der Waals surface area contributed by atoms with Gasteiger partial charge in [0.2, 0.25) is 5.91 Å². The molecule has 0 spiro atoms. The SMILES string of the molecule is COC(=O)C1CCCCN1C(=O)CNc1ccccc1.Cl. The van der Waals surface area contributed by atoms with Crippen LogP contribution in [0.1, 0.15) is 19.3 Å². The van der Waals surface area contributed by atoms with E-state index in [0.717, 1.165) is 18.5 Å². The second-order valence-electron chi connectivity index (χ2n) is 4.84. The fourth-order valence-electron chi connectivity index (χ4n) is 2.45. The van der Waals surface area contributed by atoms with Gasteiger partial charge in [-0.15, -0.1) is 12.4 Å². The number of carbonyl (C=O) groups is 2. The molecular formula is C15H21ClN2O3. The van der Waals surface area contributed by atoms with Crippen LogP contribution in [-0.4, -0.2) is 43.0 Å². The Morgan fingerprint density at radius 1 is 1.29 bits per heavy atom. The molecule has 1 N–H and O–H groups in total. The van der Waals surface area contributed by atoms with E-state index in [1.165, 1.54) is 7.11 Å². The smallest absolute Gasteiger partial charge is 0.328 e. The van der Waals surface area contributed by atoms with Crippen molar-refractivity contribution < 1.29 is 14.3 Å². The van der Waals surface area contributed by atoms with Gasteiger partial charge in [0.1, 0.15) is 6.04 Å². The molecule has 0 aromatic heterocycles. The van der Waals surface area contributed by atoms with E-state index in [-0.39, 0.29) is 30.8 Å². The summed E-state index contributed by atoms with van der Waals surface area (Å²) in [6.07, 6.45) is 2.57. The first-order valence-electron chi connectivity index (χ1n) is 6.88. The number of benzene rings is 1. The van der Waals surface area contributed by atoms with Gasteiger partial charge in [-0.3, -0.25) is 4.79 Å². The average molecular weight is 313 g/mol. The summed E-state index contributed by atoms with van der Waals surface area (Å²) in [7, 11) is 1.36. The average Bonchev–Trinajstić information content (AvgIpc) is 2.52. The van der Waals surface area contributed by atoms with Gasteiger partial charge < -0.3 is 15.0 Å². The standard InChI is InChI=1S/C15H20N2O3.ClH/c1-20-15(19)13-9-5-6-10-17(13)14(18)11-16-12-7-3-2-4-8-12;/h2-4,7-8,13,16H,5-6,9-11H2,1H3;1H. The lowest BCUT2D eigenvalue weighted by Crippen LogP contribution is -2.50. The molecule has 21 heavy (non-hydrogen) atoms. The maximum absolute atomic E-state index is 12.3. The number of esters is 1. The van der Waals surface area contributed by atoms with Crippen LogP contribution in [0, 0.1) is 0 Å². The molecule has 0 aliphatic carbocycles. The summed E-state index contributed by atoms with van der Waals surface area (Å²) in [4.78, 5) is 25.6. The number of carbonyl (C=O) groups excluding carboxylic acids is 2. The van der Waals surface area contributed by atoms with Crippen LogP contribution in [0.5, 0.6) is 0 Å². The summed E-state index contributed by atoms with van der Waals surface area (Å²) < 4.78 is 4.78. The molecule has 0 bridgehead atoms. The van der Waals surface area contributed by atoms with Crippen LogP contribution in [-0.2, 0) is 14.3 Å². The van der Waals surface area contributed by atoms with Gasteiger partial charge >= 0.3 is 5.97 Å². The summed E-state index contributed by atoms with van der Waals surface area (Å²) in [5.41, 5.74) is 0.896. The van der Waals surface area contributed by atoms with Crippen molar-refractivity contribution in [3.05, 3.63) is 30.3 Å². The van der Waals surface area contributed by atoms with Crippen molar-refractivity contribution in [2.75, 3.05) is 25.5 Å². The second-order valence-corrected chi connectivity index (χ2v) is 4.84. The molecule has 5 nitrogen and oxygen atoms in total. The highest BCUT2D eigenvalue weighted by Gasteiger charge is 2.32. The van der Waals surface area contributed by atoms with E-state index in [9.17, 15) is 9.59 Å². The zero-order chi connectivity index (χ0) is 14.4. The third-order valence-corrected chi connectivity index (χ3v) is 3.51. The third kappa shape index (κ3) is 4.63. The monoisotopic (exact) mass is 312 g/mol. The zero-order valence-corrected chi connectivity index (χ0v) is 12.9. The number of nitrogens with zero attached hydrogens (tertiary/aromatic N) is 1. The van der Waals surface area contributed by atoms with Gasteiger partial charge in [-0.1, -0.05) is 18.2 Å². The Hall–Kier alpha value is -1.75. The van der Waals surface area contributed by atoms with Gasteiger partial charge in [0, 0.05) is 12.2 Å². The summed E-state index contributed by atoms with van der Waals surface area (Å²) in [5.74, 6) is -0.387. The fraction of sp³-hybridized carbons (Fsp3) is 0.467. The summed E-state index contributed by atoms with van der Waals surface area (Å²) in [5, 5.41) is 3.08. The number of halogens is 1. The number of piperidine rings is 1. The second kappa shape index (κ2) is 8.52. The Labute approximate surface area is 131 Å². The number of anilines is 1. The zero-order valence-electron chi connectivity index (χ0n) is 12.1. The number of methoxy groups -OCH3 is 1. The Morgan fingerprint density at radius 3 is 2.67 bits per heavy atom. The molecule has 116 valence electrons. The number of ether oxygens (including phenoxy) is 1. The number of hydrogen-bond donors (Lipinski definition) is 1. The topological polar surface area (TPSA) is 58.6 Å². The van der Waals surface area contributed by atoms with E-state index >= 15 is 0 Å². The lowest BCUT2D eigenvalue weighted by Gasteiger charge is -2.33. The van der Waals surface area contributed by atoms with Crippen LogP contribution >= 0.6 is 12.4 Å². The highest BCUT2D eigenvalue weighted by Crippen LogP contribution is 2.18. The molecule has 1 unspecified atom stereocenters. The summed E-state index contributed by atoms with van der Waals surface area (Å²) >= 11 is 0. The third-order valence-electron chi connectivity index (χ3n) is 3.51. The number of amides is 1. The van der Waals surface area contributed by atoms with E-state index in [1.54, 1.807) is 4.90 Å². The van der Waals surface area contributed by atoms with Gasteiger partial charge in [-0.25, -0.2) is 4.79 Å². The molecule has 1 aliphatic rings. The van der Waals surface area contributed by atoms with Gasteiger partial charge in [0.15, 0.2) is 0 Å². The van der Waals surface area contributed by atoms with E-state index in [1.807, 2.05) is 30.3 Å². The first-order chi connectivity index (χ1) is 9.72. The van der Waals surface area contributed by atoms with Crippen LogP contribution in [0.25, 0.3) is 0 Å². The lowest BCUT2D eigenvalue weighted by atomic mass is 10.0. The van der Waals surface area contributed by atoms with Gasteiger partial charge in [-0.2, -0.15) is 0 Å². The maximum Gasteiger partial charge on any atom is 0.328 e. The summed E-state index contributed by atoms with van der Waals surface area (Å²) in [6, 6.07) is 9.11. The van der Waals surface area contributed by atoms with Crippen molar-refractivity contribution in [1.82, 2.24) is 4.90 Å². The van der Waals surface area contributed by atoms with Crippen LogP contribution in [0.3, 0.4) is 0 Å². The van der Waals surface area contributed by atoms with E-state index in [0.29, 0.717) is 13.0 Å². The van der Waals surface area contributed by atoms with Crippen LogP contribution in [0.15, 0.2) is 30.3 Å². The number of nitrogens with one attached hydrogen (secondary N) is 1. The molecule has 1 amide bonds. The van der Waals surface area contributed by atoms with Gasteiger partial charge in [0.25, 0.3) is 0 Å². The predicted octanol–water partition coefficient (Wildman–Crippen LogP) is 2.07. The summed E-state index contributed by atoms with van der Waals surface area (Å²) in [6.45, 7) is 0.812. The van der Waals surface area contributed by atoms with E-state index < -0.39 is 6.04 Å². The first-order valence-corrected chi connectivity index (χ1v) is 6.88. The largest absolute Gasteiger partial charge is 0.467 e. The first kappa shape index (κ1) is 17.3. The maximum atomic E-state index is 12.3. The number of likely N-dealkylation sites (tertiary alicyclic amines) is 1. The Balaban J connectivity index is 0.00000220. The Bertz CT molecular complexity index is 467. The molecule has 0 saturated carbocycles. The molecule has 1 fully saturated rings. The minimum atomic E-state index is -0.432. The minimum absolute atomic E-state index is 0. The number of rotatable bonds is 4. The molecular weight excluding hydrogens is 292 g/mol. The van der Waals surface area contributed by atoms with Crippen molar-refractivity contribution >= 4 is 30.0 Å². The highest BCUT2D eigenvalue weighted by molar-refractivity contribution is 5.87. The van der Waals surface area contributed by atoms with Crippen LogP contribution in [0.2, 0.25) is 0 Å². The minimum Gasteiger partial charge on any atom is -0.467 e. The molecule has 1 aliphatic heterocycles. The van der Waals surface area contributed by atoms with Crippen molar-refractivity contribution in [2.45, 2.75) is 25.3 Å². The van der Waals surface area contributed by atoms with Crippen molar-refractivity contribution in [3.63, 3.8) is 0 Å². The van der Waals surface area contributed by atoms with Crippen LogP contribution < -0.4 is 5.32 Å². The van der Waals surface area contributed by atoms with Gasteiger partial charge in [-0.05, 0) is 31.4 Å². The molecule has 2 rings (SSSR count). The normalized spacial score (nSPS) is 17.6. The molecule has 6 heteroatoms. The lowest BCUT2D eigenvalue weighted by molar-refractivity contribution is -0.154. The molecule has 1 aromatic carbocycles. The van der Waals surface area contributed by atoms with Crippen molar-refractivity contribution in [1.29, 1.82) is 0 Å². The van der Waals surface area contributed by atoms with Crippen molar-refractivity contribution in [2.24, 2.45) is 0 Å². The Kier molecular flexibility index (Phi) is 7.02. The molecule has 1 heterocycles. The quantitative estimate of drug-likeness (QED) is 0.865. The molecule has 1 saturated heterocycles. The number of para-hydroxylation sites is 1. The van der Waals surface area contributed by atoms with E-state index in [2.05, 4.69) is 5.32 Å². The van der Waals surface area contributed by atoms with E-state index in [4.69, 9.17) is 4.74 Å². The molecule has 1 atom stereocenters. The molecule has 0 radical (unpaired) electrons. The van der Waals surface area contributed by atoms with Crippen molar-refractivity contribution in [3.8, 4) is 0 Å². The van der Waals surface area contributed by atoms with Crippen LogP contribution in [0.4, 0.5) is 5.69 Å².